The lowest BCUT2D eigenvalue weighted by Gasteiger charge is -2.20. The quantitative estimate of drug-likeness (QED) is 0.511. The molecule has 2 rings (SSSR count). The van der Waals surface area contributed by atoms with Crippen LogP contribution >= 0.6 is 15.9 Å². The van der Waals surface area contributed by atoms with Gasteiger partial charge in [0.25, 0.3) is 0 Å². The van der Waals surface area contributed by atoms with E-state index in [9.17, 15) is 4.79 Å². The van der Waals surface area contributed by atoms with Gasteiger partial charge in [-0.2, -0.15) is 0 Å². The molecule has 0 aromatic carbocycles. The third kappa shape index (κ3) is 1.49. The fourth-order valence-electron chi connectivity index (χ4n) is 1.65. The SMILES string of the molecule is CC1(C)O[C@@H]2[C@H](CBr)OC(=O)[C@@H]2O1. The molecule has 0 radical (unpaired) electrons. The second kappa shape index (κ2) is 2.93. The average molecular weight is 251 g/mol. The fraction of sp³-hybridized carbons (Fsp3) is 0.875. The number of alkyl halides is 1. The molecule has 0 amide bonds. The average Bonchev–Trinajstić information content (AvgIpc) is 2.47. The number of halogens is 1. The van der Waals surface area contributed by atoms with Crippen LogP contribution in [0.15, 0.2) is 0 Å². The van der Waals surface area contributed by atoms with Crippen LogP contribution in [0.1, 0.15) is 13.8 Å². The van der Waals surface area contributed by atoms with E-state index in [0.717, 1.165) is 0 Å². The Balaban J connectivity index is 2.17. The molecule has 0 N–H and O–H groups in total. The van der Waals surface area contributed by atoms with Crippen molar-refractivity contribution in [1.29, 1.82) is 0 Å². The van der Waals surface area contributed by atoms with Gasteiger partial charge in [0.05, 0.1) is 0 Å². The van der Waals surface area contributed by atoms with E-state index in [1.54, 1.807) is 13.8 Å². The first kappa shape index (κ1) is 9.43. The summed E-state index contributed by atoms with van der Waals surface area (Å²) in [6, 6.07) is 0. The molecule has 13 heavy (non-hydrogen) atoms. The van der Waals surface area contributed by atoms with Crippen molar-refractivity contribution in [1.82, 2.24) is 0 Å². The first-order chi connectivity index (χ1) is 6.03. The smallest absolute Gasteiger partial charge is 0.338 e. The van der Waals surface area contributed by atoms with Crippen LogP contribution in [-0.2, 0) is 19.0 Å². The van der Waals surface area contributed by atoms with E-state index in [1.165, 1.54) is 0 Å². The summed E-state index contributed by atoms with van der Waals surface area (Å²) in [4.78, 5) is 11.3. The molecule has 0 bridgehead atoms. The minimum absolute atomic E-state index is 0.223. The van der Waals surface area contributed by atoms with Gasteiger partial charge in [0.2, 0.25) is 0 Å². The number of fused-ring (bicyclic) bond motifs is 1. The molecule has 0 aliphatic carbocycles. The van der Waals surface area contributed by atoms with E-state index in [0.29, 0.717) is 5.33 Å². The Hall–Kier alpha value is -0.130. The lowest BCUT2D eigenvalue weighted by atomic mass is 10.2. The second-order valence-electron chi connectivity index (χ2n) is 3.65. The third-order valence-electron chi connectivity index (χ3n) is 2.15. The van der Waals surface area contributed by atoms with Crippen molar-refractivity contribution in [2.24, 2.45) is 0 Å². The first-order valence-electron chi connectivity index (χ1n) is 4.15. The highest BCUT2D eigenvalue weighted by atomic mass is 79.9. The van der Waals surface area contributed by atoms with Gasteiger partial charge in [0.1, 0.15) is 12.2 Å². The molecular weight excluding hydrogens is 240 g/mol. The van der Waals surface area contributed by atoms with E-state index in [4.69, 9.17) is 14.2 Å². The molecule has 0 aromatic heterocycles. The number of hydrogen-bond donors (Lipinski definition) is 0. The number of cyclic esters (lactones) is 1. The molecular formula is C8H11BrO4. The molecule has 0 saturated carbocycles. The third-order valence-corrected chi connectivity index (χ3v) is 2.79. The van der Waals surface area contributed by atoms with Gasteiger partial charge in [-0.15, -0.1) is 0 Å². The van der Waals surface area contributed by atoms with Crippen molar-refractivity contribution in [2.75, 3.05) is 5.33 Å². The van der Waals surface area contributed by atoms with Crippen LogP contribution in [0.4, 0.5) is 0 Å². The highest BCUT2D eigenvalue weighted by molar-refractivity contribution is 9.09. The zero-order valence-electron chi connectivity index (χ0n) is 7.45. The summed E-state index contributed by atoms with van der Waals surface area (Å²) < 4.78 is 16.0. The van der Waals surface area contributed by atoms with E-state index < -0.39 is 11.9 Å². The van der Waals surface area contributed by atoms with Crippen LogP contribution in [0, 0.1) is 0 Å². The summed E-state index contributed by atoms with van der Waals surface area (Å²) in [7, 11) is 0. The van der Waals surface area contributed by atoms with Crippen LogP contribution in [0.25, 0.3) is 0 Å². The Kier molecular flexibility index (Phi) is 2.13. The lowest BCUT2D eigenvalue weighted by Crippen LogP contribution is -2.30. The van der Waals surface area contributed by atoms with Gasteiger partial charge in [0, 0.05) is 5.33 Å². The minimum atomic E-state index is -0.671. The van der Waals surface area contributed by atoms with Gasteiger partial charge in [-0.1, -0.05) is 15.9 Å². The summed E-state index contributed by atoms with van der Waals surface area (Å²) in [5.74, 6) is -0.991. The molecule has 0 aromatic rings. The van der Waals surface area contributed by atoms with Crippen molar-refractivity contribution in [3.8, 4) is 0 Å². The maximum atomic E-state index is 11.3. The Labute approximate surface area is 84.7 Å². The molecule has 0 spiro atoms. The number of rotatable bonds is 1. The Morgan fingerprint density at radius 2 is 2.15 bits per heavy atom. The van der Waals surface area contributed by atoms with E-state index in [1.807, 2.05) is 0 Å². The van der Waals surface area contributed by atoms with Crippen molar-refractivity contribution in [3.63, 3.8) is 0 Å². The van der Waals surface area contributed by atoms with Gasteiger partial charge in [-0.05, 0) is 13.8 Å². The second-order valence-corrected chi connectivity index (χ2v) is 4.30. The van der Waals surface area contributed by atoms with Crippen LogP contribution in [0.5, 0.6) is 0 Å². The molecule has 4 nitrogen and oxygen atoms in total. The number of esters is 1. The highest BCUT2D eigenvalue weighted by Gasteiger charge is 2.55. The lowest BCUT2D eigenvalue weighted by molar-refractivity contribution is -0.185. The summed E-state index contributed by atoms with van der Waals surface area (Å²) in [5.41, 5.74) is 0. The van der Waals surface area contributed by atoms with Gasteiger partial charge in [0.15, 0.2) is 11.9 Å². The number of carbonyl (C=O) groups is 1. The molecule has 3 atom stereocenters. The number of ether oxygens (including phenoxy) is 3. The predicted molar refractivity (Wildman–Crippen MR) is 47.5 cm³/mol. The Bertz CT molecular complexity index is 240. The molecule has 2 aliphatic rings. The molecule has 0 unspecified atom stereocenters. The molecule has 5 heteroatoms. The summed E-state index contributed by atoms with van der Waals surface area (Å²) in [5, 5.41) is 0.583. The topological polar surface area (TPSA) is 44.8 Å². The predicted octanol–water partition coefficient (Wildman–Crippen LogP) is 0.827. The largest absolute Gasteiger partial charge is 0.457 e. The van der Waals surface area contributed by atoms with E-state index >= 15 is 0 Å². The number of hydrogen-bond acceptors (Lipinski definition) is 4. The molecule has 2 fully saturated rings. The van der Waals surface area contributed by atoms with Crippen molar-refractivity contribution < 1.29 is 19.0 Å². The van der Waals surface area contributed by atoms with Gasteiger partial charge in [-0.25, -0.2) is 4.79 Å². The number of carbonyl (C=O) groups excluding carboxylic acids is 1. The molecule has 2 aliphatic heterocycles. The van der Waals surface area contributed by atoms with Gasteiger partial charge >= 0.3 is 5.97 Å². The maximum Gasteiger partial charge on any atom is 0.338 e. The zero-order chi connectivity index (χ0) is 9.64. The first-order valence-corrected chi connectivity index (χ1v) is 5.28. The molecule has 2 saturated heterocycles. The minimum Gasteiger partial charge on any atom is -0.457 e. The van der Waals surface area contributed by atoms with Crippen molar-refractivity contribution in [2.45, 2.75) is 37.9 Å². The maximum absolute atomic E-state index is 11.3. The van der Waals surface area contributed by atoms with Crippen LogP contribution in [0.2, 0.25) is 0 Å². The highest BCUT2D eigenvalue weighted by Crippen LogP contribution is 2.36. The van der Waals surface area contributed by atoms with Gasteiger partial charge in [-0.3, -0.25) is 0 Å². The summed E-state index contributed by atoms with van der Waals surface area (Å²) in [6.45, 7) is 3.59. The Morgan fingerprint density at radius 3 is 2.77 bits per heavy atom. The molecule has 2 heterocycles. The fourth-order valence-corrected chi connectivity index (χ4v) is 2.15. The van der Waals surface area contributed by atoms with E-state index in [-0.39, 0.29) is 18.2 Å². The molecule has 74 valence electrons. The summed E-state index contributed by atoms with van der Waals surface area (Å²) >= 11 is 3.26. The van der Waals surface area contributed by atoms with Crippen LogP contribution in [-0.4, -0.2) is 35.4 Å². The monoisotopic (exact) mass is 250 g/mol. The van der Waals surface area contributed by atoms with Crippen LogP contribution < -0.4 is 0 Å². The normalized spacial score (nSPS) is 41.8. The zero-order valence-corrected chi connectivity index (χ0v) is 9.04. The van der Waals surface area contributed by atoms with Crippen LogP contribution in [0.3, 0.4) is 0 Å². The van der Waals surface area contributed by atoms with Crippen molar-refractivity contribution in [3.05, 3.63) is 0 Å². The van der Waals surface area contributed by atoms with Crippen molar-refractivity contribution >= 4 is 21.9 Å². The van der Waals surface area contributed by atoms with Gasteiger partial charge < -0.3 is 14.2 Å². The summed E-state index contributed by atoms with van der Waals surface area (Å²) in [6.07, 6.45) is -1.03. The Morgan fingerprint density at radius 1 is 1.46 bits per heavy atom. The van der Waals surface area contributed by atoms with E-state index in [2.05, 4.69) is 15.9 Å². The standard InChI is InChI=1S/C8H11BrO4/c1-8(2)12-5-4(3-9)11-7(10)6(5)13-8/h4-6H,3H2,1-2H3/t4-,5+,6+/m0/s1.